The second-order valence-electron chi connectivity index (χ2n) is 5.15. The van der Waals surface area contributed by atoms with Crippen LogP contribution in [-0.2, 0) is 11.2 Å². The summed E-state index contributed by atoms with van der Waals surface area (Å²) >= 11 is 5.89. The van der Waals surface area contributed by atoms with Crippen LogP contribution in [-0.4, -0.2) is 13.1 Å². The number of ether oxygens (including phenoxy) is 1. The SMILES string of the molecule is COC(=O)c1ccc2c(c1)C(c1ccc(F)c(Cl)c1)=CCC2. The number of carbonyl (C=O) groups excluding carboxylic acids is 1. The van der Waals surface area contributed by atoms with Crippen LogP contribution in [0.25, 0.3) is 5.57 Å². The minimum atomic E-state index is -0.439. The Morgan fingerprint density at radius 2 is 2.05 bits per heavy atom. The molecular weight excluding hydrogens is 303 g/mol. The summed E-state index contributed by atoms with van der Waals surface area (Å²) in [4.78, 5) is 11.7. The van der Waals surface area contributed by atoms with Crippen LogP contribution in [0.2, 0.25) is 5.02 Å². The van der Waals surface area contributed by atoms with Gasteiger partial charge in [-0.1, -0.05) is 29.8 Å². The highest BCUT2D eigenvalue weighted by Crippen LogP contribution is 2.34. The first-order valence-electron chi connectivity index (χ1n) is 6.97. The van der Waals surface area contributed by atoms with E-state index in [1.807, 2.05) is 12.1 Å². The maximum absolute atomic E-state index is 13.4. The van der Waals surface area contributed by atoms with Gasteiger partial charge >= 0.3 is 5.97 Å². The normalized spacial score (nSPS) is 13.3. The summed E-state index contributed by atoms with van der Waals surface area (Å²) in [6, 6.07) is 10.2. The Balaban J connectivity index is 2.10. The maximum atomic E-state index is 13.4. The number of benzene rings is 2. The molecule has 2 aromatic carbocycles. The van der Waals surface area contributed by atoms with E-state index in [0.717, 1.165) is 35.1 Å². The summed E-state index contributed by atoms with van der Waals surface area (Å²) in [5, 5.41) is 0.0923. The van der Waals surface area contributed by atoms with Gasteiger partial charge in [0, 0.05) is 0 Å². The zero-order valence-corrected chi connectivity index (χ0v) is 12.8. The molecule has 1 aliphatic rings. The number of fused-ring (bicyclic) bond motifs is 1. The van der Waals surface area contributed by atoms with E-state index < -0.39 is 5.82 Å². The van der Waals surface area contributed by atoms with Crippen LogP contribution in [0, 0.1) is 5.82 Å². The Morgan fingerprint density at radius 3 is 2.77 bits per heavy atom. The predicted octanol–water partition coefficient (Wildman–Crippen LogP) is 4.64. The molecule has 3 rings (SSSR count). The number of carbonyl (C=O) groups is 1. The number of rotatable bonds is 2. The molecule has 4 heteroatoms. The first kappa shape index (κ1) is 14.8. The van der Waals surface area contributed by atoms with Crippen molar-refractivity contribution in [1.29, 1.82) is 0 Å². The molecule has 0 radical (unpaired) electrons. The van der Waals surface area contributed by atoms with Crippen molar-refractivity contribution < 1.29 is 13.9 Å². The van der Waals surface area contributed by atoms with Gasteiger partial charge in [0.2, 0.25) is 0 Å². The third kappa shape index (κ3) is 2.64. The standard InChI is InChI=1S/C18H14ClFO2/c1-22-18(21)13-6-5-11-3-2-4-14(15(11)9-13)12-7-8-17(20)16(19)10-12/h4-10H,2-3H2,1H3. The fourth-order valence-electron chi connectivity index (χ4n) is 2.71. The van der Waals surface area contributed by atoms with Gasteiger partial charge in [0.05, 0.1) is 17.7 Å². The van der Waals surface area contributed by atoms with Crippen molar-refractivity contribution in [2.45, 2.75) is 12.8 Å². The Labute approximate surface area is 133 Å². The molecule has 0 saturated heterocycles. The van der Waals surface area contributed by atoms with Crippen LogP contribution in [0.5, 0.6) is 0 Å². The first-order valence-corrected chi connectivity index (χ1v) is 7.35. The number of allylic oxidation sites excluding steroid dienone is 1. The van der Waals surface area contributed by atoms with E-state index in [1.165, 1.54) is 13.2 Å². The van der Waals surface area contributed by atoms with Crippen molar-refractivity contribution in [3.63, 3.8) is 0 Å². The average Bonchev–Trinajstić information content (AvgIpc) is 2.55. The molecular formula is C18H14ClFO2. The van der Waals surface area contributed by atoms with Crippen LogP contribution >= 0.6 is 11.6 Å². The minimum absolute atomic E-state index is 0.0923. The molecule has 112 valence electrons. The third-order valence-corrected chi connectivity index (χ3v) is 4.10. The summed E-state index contributed by atoms with van der Waals surface area (Å²) in [5.74, 6) is -0.810. The molecule has 2 nitrogen and oxygen atoms in total. The molecule has 0 aromatic heterocycles. The van der Waals surface area contributed by atoms with E-state index >= 15 is 0 Å². The van der Waals surface area contributed by atoms with E-state index in [-0.39, 0.29) is 11.0 Å². The van der Waals surface area contributed by atoms with Crippen molar-refractivity contribution in [3.8, 4) is 0 Å². The lowest BCUT2D eigenvalue weighted by Gasteiger charge is -2.19. The summed E-state index contributed by atoms with van der Waals surface area (Å²) < 4.78 is 18.1. The Morgan fingerprint density at radius 1 is 1.23 bits per heavy atom. The molecule has 0 unspecified atom stereocenters. The van der Waals surface area contributed by atoms with E-state index in [9.17, 15) is 9.18 Å². The number of hydrogen-bond acceptors (Lipinski definition) is 2. The van der Waals surface area contributed by atoms with Crippen molar-refractivity contribution in [3.05, 3.63) is 75.6 Å². The van der Waals surface area contributed by atoms with Gasteiger partial charge in [0.15, 0.2) is 0 Å². The molecule has 0 amide bonds. The van der Waals surface area contributed by atoms with Crippen molar-refractivity contribution in [1.82, 2.24) is 0 Å². The highest BCUT2D eigenvalue weighted by molar-refractivity contribution is 6.30. The smallest absolute Gasteiger partial charge is 0.337 e. The van der Waals surface area contributed by atoms with Gasteiger partial charge in [0.1, 0.15) is 5.82 Å². The molecule has 0 bridgehead atoms. The molecule has 22 heavy (non-hydrogen) atoms. The first-order chi connectivity index (χ1) is 10.6. The van der Waals surface area contributed by atoms with Gasteiger partial charge in [-0.25, -0.2) is 9.18 Å². The molecule has 0 spiro atoms. The van der Waals surface area contributed by atoms with Crippen LogP contribution in [0.3, 0.4) is 0 Å². The summed E-state index contributed by atoms with van der Waals surface area (Å²) in [7, 11) is 1.36. The Hall–Kier alpha value is -2.13. The van der Waals surface area contributed by atoms with Gasteiger partial charge in [-0.15, -0.1) is 0 Å². The number of halogens is 2. The monoisotopic (exact) mass is 316 g/mol. The number of hydrogen-bond donors (Lipinski definition) is 0. The van der Waals surface area contributed by atoms with Crippen molar-refractivity contribution in [2.75, 3.05) is 7.11 Å². The number of methoxy groups -OCH3 is 1. The second kappa shape index (κ2) is 5.93. The lowest BCUT2D eigenvalue weighted by Crippen LogP contribution is -2.06. The minimum Gasteiger partial charge on any atom is -0.465 e. The number of esters is 1. The molecule has 0 aliphatic heterocycles. The lowest BCUT2D eigenvalue weighted by molar-refractivity contribution is 0.0600. The summed E-state index contributed by atoms with van der Waals surface area (Å²) in [5.41, 5.74) is 4.44. The van der Waals surface area contributed by atoms with E-state index in [4.69, 9.17) is 16.3 Å². The molecule has 1 aliphatic carbocycles. The molecule has 2 aromatic rings. The summed E-state index contributed by atoms with van der Waals surface area (Å²) in [6.07, 6.45) is 3.90. The molecule has 0 atom stereocenters. The maximum Gasteiger partial charge on any atom is 0.337 e. The molecule has 0 saturated carbocycles. The quantitative estimate of drug-likeness (QED) is 0.754. The van der Waals surface area contributed by atoms with Crippen LogP contribution in [0.4, 0.5) is 4.39 Å². The zero-order valence-electron chi connectivity index (χ0n) is 12.0. The fraction of sp³-hybridized carbons (Fsp3) is 0.167. The van der Waals surface area contributed by atoms with Gasteiger partial charge < -0.3 is 4.74 Å². The zero-order chi connectivity index (χ0) is 15.7. The second-order valence-corrected chi connectivity index (χ2v) is 5.56. The van der Waals surface area contributed by atoms with Crippen LogP contribution in [0.1, 0.15) is 33.5 Å². The summed E-state index contributed by atoms with van der Waals surface area (Å²) in [6.45, 7) is 0. The van der Waals surface area contributed by atoms with Gasteiger partial charge in [-0.3, -0.25) is 0 Å². The fourth-order valence-corrected chi connectivity index (χ4v) is 2.89. The lowest BCUT2D eigenvalue weighted by atomic mass is 9.86. The molecule has 0 N–H and O–H groups in total. The molecule has 0 fully saturated rings. The largest absolute Gasteiger partial charge is 0.465 e. The van der Waals surface area contributed by atoms with E-state index in [0.29, 0.717) is 5.56 Å². The number of aryl methyl sites for hydroxylation is 1. The van der Waals surface area contributed by atoms with Gasteiger partial charge in [0.25, 0.3) is 0 Å². The van der Waals surface area contributed by atoms with Crippen molar-refractivity contribution >= 4 is 23.1 Å². The Bertz CT molecular complexity index is 781. The van der Waals surface area contributed by atoms with E-state index in [2.05, 4.69) is 6.08 Å². The van der Waals surface area contributed by atoms with Crippen molar-refractivity contribution in [2.24, 2.45) is 0 Å². The highest BCUT2D eigenvalue weighted by Gasteiger charge is 2.17. The Kier molecular flexibility index (Phi) is 3.99. The van der Waals surface area contributed by atoms with Crippen LogP contribution < -0.4 is 0 Å². The van der Waals surface area contributed by atoms with Gasteiger partial charge in [-0.2, -0.15) is 0 Å². The highest BCUT2D eigenvalue weighted by atomic mass is 35.5. The average molecular weight is 317 g/mol. The van der Waals surface area contributed by atoms with Gasteiger partial charge in [-0.05, 0) is 59.4 Å². The molecule has 0 heterocycles. The third-order valence-electron chi connectivity index (χ3n) is 3.81. The van der Waals surface area contributed by atoms with E-state index in [1.54, 1.807) is 18.2 Å². The predicted molar refractivity (Wildman–Crippen MR) is 84.6 cm³/mol. The topological polar surface area (TPSA) is 26.3 Å². The van der Waals surface area contributed by atoms with Crippen LogP contribution in [0.15, 0.2) is 42.5 Å².